The zero-order chi connectivity index (χ0) is 12.7. The summed E-state index contributed by atoms with van der Waals surface area (Å²) in [4.78, 5) is 0. The van der Waals surface area contributed by atoms with Crippen LogP contribution in [0.4, 0.5) is 0 Å². The number of aromatic hydroxyl groups is 1. The van der Waals surface area contributed by atoms with Crippen molar-refractivity contribution < 1.29 is 5.11 Å². The quantitative estimate of drug-likeness (QED) is 0.521. The van der Waals surface area contributed by atoms with E-state index in [1.807, 2.05) is 25.3 Å². The lowest BCUT2D eigenvalue weighted by Gasteiger charge is -2.06. The summed E-state index contributed by atoms with van der Waals surface area (Å²) in [5, 5.41) is 20.1. The molecule has 3 heteroatoms. The molecule has 0 heterocycles. The lowest BCUT2D eigenvalue weighted by molar-refractivity contribution is 0.471. The second-order valence-corrected chi connectivity index (χ2v) is 4.05. The zero-order valence-electron chi connectivity index (χ0n) is 10.5. The molecule has 0 radical (unpaired) electrons. The molecule has 0 saturated heterocycles. The van der Waals surface area contributed by atoms with Crippen LogP contribution in [0.5, 0.6) is 5.75 Å². The van der Waals surface area contributed by atoms with Crippen LogP contribution in [0.3, 0.4) is 0 Å². The third kappa shape index (κ3) is 3.94. The number of unbranched alkanes of at least 4 members (excludes halogenated alkanes) is 1. The van der Waals surface area contributed by atoms with E-state index < -0.39 is 0 Å². The van der Waals surface area contributed by atoms with Crippen LogP contribution in [-0.2, 0) is 0 Å². The topological polar surface area (TPSA) is 56.1 Å². The van der Waals surface area contributed by atoms with E-state index in [-0.39, 0.29) is 5.75 Å². The Hall–Kier alpha value is -1.77. The van der Waals surface area contributed by atoms with Gasteiger partial charge in [0.05, 0.1) is 0 Å². The van der Waals surface area contributed by atoms with Gasteiger partial charge in [0.1, 0.15) is 5.75 Å². The highest BCUT2D eigenvalue weighted by atomic mass is 16.3. The van der Waals surface area contributed by atoms with Gasteiger partial charge >= 0.3 is 0 Å². The summed E-state index contributed by atoms with van der Waals surface area (Å²) in [6, 6.07) is 5.36. The van der Waals surface area contributed by atoms with Crippen molar-refractivity contribution in [1.82, 2.24) is 5.32 Å². The Morgan fingerprint density at radius 2 is 2.24 bits per heavy atom. The molecule has 0 spiro atoms. The number of phenolic OH excluding ortho intramolecular Hbond substituents is 1. The minimum absolute atomic E-state index is 0.289. The number of rotatable bonds is 6. The van der Waals surface area contributed by atoms with Gasteiger partial charge in [0.15, 0.2) is 0 Å². The average molecular weight is 232 g/mol. The highest BCUT2D eigenvalue weighted by molar-refractivity contribution is 6.08. The molecule has 0 unspecified atom stereocenters. The first-order chi connectivity index (χ1) is 8.19. The highest BCUT2D eigenvalue weighted by Crippen LogP contribution is 2.20. The maximum atomic E-state index is 9.45. The molecule has 3 nitrogen and oxygen atoms in total. The number of hydrogen-bond acceptors (Lipinski definition) is 3. The Labute approximate surface area is 103 Å². The van der Waals surface area contributed by atoms with Crippen LogP contribution in [0.25, 0.3) is 5.57 Å². The SMILES string of the molecule is CCCCN/C=C(\C=N)c1ccc(O)c(C)c1. The Morgan fingerprint density at radius 1 is 1.47 bits per heavy atom. The lowest BCUT2D eigenvalue weighted by Crippen LogP contribution is -2.07. The summed E-state index contributed by atoms with van der Waals surface area (Å²) >= 11 is 0. The molecule has 0 aromatic heterocycles. The number of nitrogens with one attached hydrogen (secondary N) is 2. The first kappa shape index (κ1) is 13.3. The van der Waals surface area contributed by atoms with Crippen molar-refractivity contribution in [3.8, 4) is 5.75 Å². The summed E-state index contributed by atoms with van der Waals surface area (Å²) in [6.45, 7) is 4.92. The van der Waals surface area contributed by atoms with Gasteiger partial charge < -0.3 is 15.8 Å². The molecule has 0 saturated carbocycles. The molecule has 0 atom stereocenters. The minimum atomic E-state index is 0.289. The van der Waals surface area contributed by atoms with Gasteiger partial charge in [-0.05, 0) is 36.6 Å². The van der Waals surface area contributed by atoms with Crippen LogP contribution in [0, 0.1) is 12.3 Å². The highest BCUT2D eigenvalue weighted by Gasteiger charge is 2.01. The normalized spacial score (nSPS) is 11.3. The van der Waals surface area contributed by atoms with Gasteiger partial charge in [0.2, 0.25) is 0 Å². The van der Waals surface area contributed by atoms with E-state index in [4.69, 9.17) is 5.41 Å². The van der Waals surface area contributed by atoms with Gasteiger partial charge in [-0.1, -0.05) is 19.4 Å². The van der Waals surface area contributed by atoms with Crippen molar-refractivity contribution in [1.29, 1.82) is 5.41 Å². The van der Waals surface area contributed by atoms with Crippen molar-refractivity contribution in [2.24, 2.45) is 0 Å². The molecular weight excluding hydrogens is 212 g/mol. The molecule has 0 bridgehead atoms. The van der Waals surface area contributed by atoms with E-state index in [9.17, 15) is 5.11 Å². The molecule has 0 aliphatic carbocycles. The van der Waals surface area contributed by atoms with Crippen molar-refractivity contribution >= 4 is 11.8 Å². The molecular formula is C14H20N2O. The molecule has 0 amide bonds. The van der Waals surface area contributed by atoms with Gasteiger partial charge in [-0.3, -0.25) is 0 Å². The Balaban J connectivity index is 2.78. The molecule has 1 aromatic carbocycles. The number of hydrogen-bond donors (Lipinski definition) is 3. The van der Waals surface area contributed by atoms with Crippen LogP contribution in [0.15, 0.2) is 24.4 Å². The lowest BCUT2D eigenvalue weighted by atomic mass is 10.0. The first-order valence-corrected chi connectivity index (χ1v) is 5.93. The zero-order valence-corrected chi connectivity index (χ0v) is 10.5. The summed E-state index contributed by atoms with van der Waals surface area (Å²) in [5.41, 5.74) is 2.59. The summed E-state index contributed by atoms with van der Waals surface area (Å²) in [5.74, 6) is 0.289. The summed E-state index contributed by atoms with van der Waals surface area (Å²) < 4.78 is 0. The van der Waals surface area contributed by atoms with Gasteiger partial charge in [0.25, 0.3) is 0 Å². The average Bonchev–Trinajstić information content (AvgIpc) is 2.33. The molecule has 0 fully saturated rings. The maximum Gasteiger partial charge on any atom is 0.118 e. The molecule has 1 aromatic rings. The fraction of sp³-hybridized carbons (Fsp3) is 0.357. The van der Waals surface area contributed by atoms with Gasteiger partial charge in [-0.25, -0.2) is 0 Å². The van der Waals surface area contributed by atoms with E-state index in [0.717, 1.165) is 36.1 Å². The van der Waals surface area contributed by atoms with E-state index >= 15 is 0 Å². The summed E-state index contributed by atoms with van der Waals surface area (Å²) in [6.07, 6.45) is 5.45. The Morgan fingerprint density at radius 3 is 2.82 bits per heavy atom. The smallest absolute Gasteiger partial charge is 0.118 e. The molecule has 17 heavy (non-hydrogen) atoms. The minimum Gasteiger partial charge on any atom is -0.508 e. The maximum absolute atomic E-state index is 9.45. The first-order valence-electron chi connectivity index (χ1n) is 5.93. The van der Waals surface area contributed by atoms with Gasteiger partial charge in [0, 0.05) is 24.5 Å². The van der Waals surface area contributed by atoms with Crippen LogP contribution in [0.2, 0.25) is 0 Å². The van der Waals surface area contributed by atoms with Crippen molar-refractivity contribution in [2.45, 2.75) is 26.7 Å². The van der Waals surface area contributed by atoms with Crippen molar-refractivity contribution in [2.75, 3.05) is 6.54 Å². The Kier molecular flexibility index (Phi) is 5.27. The van der Waals surface area contributed by atoms with E-state index in [1.54, 1.807) is 6.07 Å². The van der Waals surface area contributed by atoms with E-state index in [1.165, 1.54) is 6.21 Å². The predicted molar refractivity (Wildman–Crippen MR) is 72.5 cm³/mol. The van der Waals surface area contributed by atoms with Crippen LogP contribution in [0.1, 0.15) is 30.9 Å². The fourth-order valence-corrected chi connectivity index (χ4v) is 1.50. The van der Waals surface area contributed by atoms with Crippen LogP contribution in [-0.4, -0.2) is 17.9 Å². The second-order valence-electron chi connectivity index (χ2n) is 4.05. The largest absolute Gasteiger partial charge is 0.508 e. The van der Waals surface area contributed by atoms with Gasteiger partial charge in [-0.15, -0.1) is 0 Å². The molecule has 1 rings (SSSR count). The molecule has 0 aliphatic heterocycles. The summed E-state index contributed by atoms with van der Waals surface area (Å²) in [7, 11) is 0. The van der Waals surface area contributed by atoms with E-state index in [2.05, 4.69) is 12.2 Å². The molecule has 0 aliphatic rings. The molecule has 3 N–H and O–H groups in total. The van der Waals surface area contributed by atoms with Crippen LogP contribution >= 0.6 is 0 Å². The third-order valence-electron chi connectivity index (χ3n) is 2.62. The van der Waals surface area contributed by atoms with Crippen LogP contribution < -0.4 is 5.32 Å². The fourth-order valence-electron chi connectivity index (χ4n) is 1.50. The van der Waals surface area contributed by atoms with E-state index in [0.29, 0.717) is 0 Å². The Bertz CT molecular complexity index is 411. The monoisotopic (exact) mass is 232 g/mol. The predicted octanol–water partition coefficient (Wildman–Crippen LogP) is 3.08. The standard InChI is InChI=1S/C14H20N2O/c1-3-4-7-16-10-13(9-15)12-5-6-14(17)11(2)8-12/h5-6,8-10,15-17H,3-4,7H2,1-2H3/b13-10+,15-9?. The van der Waals surface area contributed by atoms with Crippen molar-refractivity contribution in [3.63, 3.8) is 0 Å². The molecule has 92 valence electrons. The van der Waals surface area contributed by atoms with Gasteiger partial charge in [-0.2, -0.15) is 0 Å². The second kappa shape index (κ2) is 6.74. The van der Waals surface area contributed by atoms with Crippen molar-refractivity contribution in [3.05, 3.63) is 35.5 Å². The number of phenols is 1. The number of benzene rings is 1. The number of aryl methyl sites for hydroxylation is 1. The third-order valence-corrected chi connectivity index (χ3v) is 2.62. The number of allylic oxidation sites excluding steroid dienone is 1.